The maximum Gasteiger partial charge on any atom is 0.336 e. The highest BCUT2D eigenvalue weighted by Crippen LogP contribution is 2.41. The number of esters is 2. The van der Waals surface area contributed by atoms with E-state index in [-0.39, 0.29) is 24.4 Å². The lowest BCUT2D eigenvalue weighted by molar-refractivity contribution is -0.139. The summed E-state index contributed by atoms with van der Waals surface area (Å²) in [7, 11) is 1.57. The van der Waals surface area contributed by atoms with Crippen molar-refractivity contribution in [3.8, 4) is 17.0 Å². The topological polar surface area (TPSA) is 99.9 Å². The molecule has 0 atom stereocenters. The number of methoxy groups -OCH3 is 1. The van der Waals surface area contributed by atoms with Gasteiger partial charge in [0.2, 0.25) is 0 Å². The molecule has 0 saturated carbocycles. The highest BCUT2D eigenvalue weighted by molar-refractivity contribution is 5.99. The average molecular weight is 426 g/mol. The van der Waals surface area contributed by atoms with Crippen molar-refractivity contribution in [2.45, 2.75) is 33.6 Å². The van der Waals surface area contributed by atoms with E-state index in [1.807, 2.05) is 24.3 Å². The van der Waals surface area contributed by atoms with Crippen LogP contribution >= 0.6 is 0 Å². The van der Waals surface area contributed by atoms with Crippen molar-refractivity contribution in [1.29, 1.82) is 0 Å². The Morgan fingerprint density at radius 3 is 2.16 bits per heavy atom. The third-order valence-corrected chi connectivity index (χ3v) is 4.95. The lowest BCUT2D eigenvalue weighted by atomic mass is 9.83. The molecule has 1 aromatic heterocycles. The maximum atomic E-state index is 12.8. The molecular weight excluding hydrogens is 400 g/mol. The fourth-order valence-corrected chi connectivity index (χ4v) is 3.65. The number of carbonyl (C=O) groups excluding carboxylic acids is 2. The monoisotopic (exact) mass is 426 g/mol. The second-order valence-electron chi connectivity index (χ2n) is 6.89. The van der Waals surface area contributed by atoms with Crippen LogP contribution in [-0.2, 0) is 19.1 Å². The SMILES string of the molecule is CCOC(=O)C1=C(C)NC(C)=C(C(=O)OCC)C1c1cc(-c2ccccc2OC)no1. The molecule has 2 aromatic rings. The first-order valence-electron chi connectivity index (χ1n) is 10.1. The van der Waals surface area contributed by atoms with Crippen molar-refractivity contribution in [3.05, 3.63) is 58.6 Å². The number of hydrogen-bond donors (Lipinski definition) is 1. The predicted molar refractivity (Wildman–Crippen MR) is 113 cm³/mol. The number of para-hydroxylation sites is 1. The largest absolute Gasteiger partial charge is 0.496 e. The van der Waals surface area contributed by atoms with E-state index in [4.69, 9.17) is 18.7 Å². The first-order chi connectivity index (χ1) is 14.9. The number of nitrogens with one attached hydrogen (secondary N) is 1. The molecule has 0 fully saturated rings. The Bertz CT molecular complexity index is 1010. The van der Waals surface area contributed by atoms with Gasteiger partial charge in [0.05, 0.1) is 37.4 Å². The maximum absolute atomic E-state index is 12.8. The summed E-state index contributed by atoms with van der Waals surface area (Å²) in [5.41, 5.74) is 2.95. The van der Waals surface area contributed by atoms with Gasteiger partial charge in [-0.05, 0) is 39.8 Å². The quantitative estimate of drug-likeness (QED) is 0.669. The average Bonchev–Trinajstić information content (AvgIpc) is 3.23. The molecule has 1 aliphatic heterocycles. The number of rotatable bonds is 7. The lowest BCUT2D eigenvalue weighted by Gasteiger charge is -2.28. The van der Waals surface area contributed by atoms with E-state index in [1.165, 1.54) is 0 Å². The zero-order valence-electron chi connectivity index (χ0n) is 18.3. The Morgan fingerprint density at radius 1 is 1.03 bits per heavy atom. The fourth-order valence-electron chi connectivity index (χ4n) is 3.65. The number of dihydropyridines is 1. The zero-order valence-corrected chi connectivity index (χ0v) is 18.3. The van der Waals surface area contributed by atoms with Crippen LogP contribution in [0.2, 0.25) is 0 Å². The number of aromatic nitrogens is 1. The molecule has 0 unspecified atom stereocenters. The van der Waals surface area contributed by atoms with Crippen LogP contribution in [0.25, 0.3) is 11.3 Å². The van der Waals surface area contributed by atoms with E-state index in [0.717, 1.165) is 5.56 Å². The second kappa shape index (κ2) is 9.51. The van der Waals surface area contributed by atoms with Gasteiger partial charge in [0.15, 0.2) is 0 Å². The molecule has 164 valence electrons. The Kier molecular flexibility index (Phi) is 6.79. The predicted octanol–water partition coefficient (Wildman–Crippen LogP) is 3.71. The van der Waals surface area contributed by atoms with Gasteiger partial charge in [-0.3, -0.25) is 0 Å². The molecule has 3 rings (SSSR count). The summed E-state index contributed by atoms with van der Waals surface area (Å²) >= 11 is 0. The van der Waals surface area contributed by atoms with Crippen molar-refractivity contribution in [2.24, 2.45) is 0 Å². The number of nitrogens with zero attached hydrogens (tertiary/aromatic N) is 1. The summed E-state index contributed by atoms with van der Waals surface area (Å²) in [4.78, 5) is 25.7. The van der Waals surface area contributed by atoms with Crippen LogP contribution in [0, 0.1) is 0 Å². The van der Waals surface area contributed by atoms with Gasteiger partial charge in [-0.1, -0.05) is 17.3 Å². The normalized spacial score (nSPS) is 14.4. The summed E-state index contributed by atoms with van der Waals surface area (Å²) in [6, 6.07) is 9.08. The van der Waals surface area contributed by atoms with E-state index < -0.39 is 17.9 Å². The highest BCUT2D eigenvalue weighted by Gasteiger charge is 2.40. The van der Waals surface area contributed by atoms with Gasteiger partial charge < -0.3 is 24.1 Å². The smallest absolute Gasteiger partial charge is 0.336 e. The third kappa shape index (κ3) is 4.33. The van der Waals surface area contributed by atoms with Crippen LogP contribution in [0.1, 0.15) is 39.4 Å². The molecule has 2 heterocycles. The molecular formula is C23H26N2O6. The van der Waals surface area contributed by atoms with Crippen molar-refractivity contribution >= 4 is 11.9 Å². The van der Waals surface area contributed by atoms with Gasteiger partial charge in [0.25, 0.3) is 0 Å². The van der Waals surface area contributed by atoms with Crippen molar-refractivity contribution < 1.29 is 28.3 Å². The van der Waals surface area contributed by atoms with Crippen LogP contribution in [0.4, 0.5) is 0 Å². The molecule has 8 heteroatoms. The minimum Gasteiger partial charge on any atom is -0.496 e. The first kappa shape index (κ1) is 22.1. The highest BCUT2D eigenvalue weighted by atomic mass is 16.5. The van der Waals surface area contributed by atoms with Crippen LogP contribution in [0.3, 0.4) is 0 Å². The molecule has 1 N–H and O–H groups in total. The fraction of sp³-hybridized carbons (Fsp3) is 0.348. The third-order valence-electron chi connectivity index (χ3n) is 4.95. The van der Waals surface area contributed by atoms with Crippen molar-refractivity contribution in [2.75, 3.05) is 20.3 Å². The minimum absolute atomic E-state index is 0.197. The molecule has 0 bridgehead atoms. The zero-order chi connectivity index (χ0) is 22.5. The van der Waals surface area contributed by atoms with Crippen LogP contribution in [-0.4, -0.2) is 37.4 Å². The van der Waals surface area contributed by atoms with Gasteiger partial charge in [-0.25, -0.2) is 9.59 Å². The van der Waals surface area contributed by atoms with Gasteiger partial charge in [0.1, 0.15) is 17.2 Å². The molecule has 1 aromatic carbocycles. The Labute approximate surface area is 180 Å². The molecule has 0 spiro atoms. The number of carbonyl (C=O) groups is 2. The number of hydrogen-bond acceptors (Lipinski definition) is 8. The summed E-state index contributed by atoms with van der Waals surface area (Å²) < 4.78 is 21.6. The molecule has 0 saturated heterocycles. The standard InChI is InChI=1S/C23H26N2O6/c1-6-29-22(26)19-13(3)24-14(4)20(23(27)30-7-2)21(19)18-12-16(25-31-18)15-10-8-9-11-17(15)28-5/h8-12,21,24H,6-7H2,1-5H3. The summed E-state index contributed by atoms with van der Waals surface area (Å²) in [5.74, 6) is -0.950. The molecule has 1 aliphatic rings. The Balaban J connectivity index is 2.14. The number of ether oxygens (including phenoxy) is 3. The van der Waals surface area contributed by atoms with E-state index in [1.54, 1.807) is 40.9 Å². The van der Waals surface area contributed by atoms with Crippen LogP contribution in [0.15, 0.2) is 57.4 Å². The van der Waals surface area contributed by atoms with Gasteiger partial charge in [0, 0.05) is 23.0 Å². The van der Waals surface area contributed by atoms with E-state index in [0.29, 0.717) is 28.6 Å². The summed E-state index contributed by atoms with van der Waals surface area (Å²) in [6.45, 7) is 7.34. The van der Waals surface area contributed by atoms with Crippen LogP contribution in [0.5, 0.6) is 5.75 Å². The van der Waals surface area contributed by atoms with E-state index in [9.17, 15) is 9.59 Å². The summed E-state index contributed by atoms with van der Waals surface area (Å²) in [5, 5.41) is 7.27. The molecule has 0 radical (unpaired) electrons. The summed E-state index contributed by atoms with van der Waals surface area (Å²) in [6.07, 6.45) is 0. The number of benzene rings is 1. The molecule has 0 aliphatic carbocycles. The van der Waals surface area contributed by atoms with Gasteiger partial charge in [-0.15, -0.1) is 0 Å². The Morgan fingerprint density at radius 2 is 1.61 bits per heavy atom. The molecule has 0 amide bonds. The first-order valence-corrected chi connectivity index (χ1v) is 10.1. The van der Waals surface area contributed by atoms with E-state index >= 15 is 0 Å². The van der Waals surface area contributed by atoms with Crippen molar-refractivity contribution in [1.82, 2.24) is 10.5 Å². The van der Waals surface area contributed by atoms with Crippen molar-refractivity contribution in [3.63, 3.8) is 0 Å². The van der Waals surface area contributed by atoms with E-state index in [2.05, 4.69) is 10.5 Å². The van der Waals surface area contributed by atoms with Crippen LogP contribution < -0.4 is 10.1 Å². The number of allylic oxidation sites excluding steroid dienone is 2. The Hall–Kier alpha value is -3.55. The molecule has 31 heavy (non-hydrogen) atoms. The molecule has 8 nitrogen and oxygen atoms in total. The minimum atomic E-state index is -0.824. The van der Waals surface area contributed by atoms with Gasteiger partial charge >= 0.3 is 11.9 Å². The second-order valence-corrected chi connectivity index (χ2v) is 6.89. The van der Waals surface area contributed by atoms with Gasteiger partial charge in [-0.2, -0.15) is 0 Å². The lowest BCUT2D eigenvalue weighted by Crippen LogP contribution is -2.32.